The summed E-state index contributed by atoms with van der Waals surface area (Å²) in [5.74, 6) is 0.335. The lowest BCUT2D eigenvalue weighted by atomic mass is 10.0. The van der Waals surface area contributed by atoms with E-state index in [4.69, 9.17) is 4.18 Å². The maximum Gasteiger partial charge on any atom is 0.407 e. The van der Waals surface area contributed by atoms with Crippen LogP contribution in [0.3, 0.4) is 0 Å². The van der Waals surface area contributed by atoms with Crippen LogP contribution in [0.2, 0.25) is 0 Å². The third kappa shape index (κ3) is 3.21. The summed E-state index contributed by atoms with van der Waals surface area (Å²) >= 11 is 0. The van der Waals surface area contributed by atoms with Crippen molar-refractivity contribution in [2.75, 3.05) is 6.61 Å². The van der Waals surface area contributed by atoms with Gasteiger partial charge >= 0.3 is 6.09 Å². The standard InChI is InChI=1S/C16H21NO5S/c1-11-5-7-14(8-6-11)23(20,21)22-10-13-9-12-3-2-4-15(12)17(13)16(18)19/h5-8,12-13,15H,2-4,9-10H2,1H3,(H,18,19). The fourth-order valence-corrected chi connectivity index (χ4v) is 4.72. The normalized spacial score (nSPS) is 27.2. The van der Waals surface area contributed by atoms with Crippen molar-refractivity contribution in [1.29, 1.82) is 0 Å². The highest BCUT2D eigenvalue weighted by atomic mass is 32.2. The smallest absolute Gasteiger partial charge is 0.407 e. The molecule has 0 aromatic heterocycles. The lowest BCUT2D eigenvalue weighted by molar-refractivity contribution is 0.104. The number of rotatable bonds is 4. The van der Waals surface area contributed by atoms with E-state index < -0.39 is 16.2 Å². The van der Waals surface area contributed by atoms with Crippen molar-refractivity contribution in [3.05, 3.63) is 29.8 Å². The molecule has 3 unspecified atom stereocenters. The van der Waals surface area contributed by atoms with E-state index in [0.717, 1.165) is 24.8 Å². The van der Waals surface area contributed by atoms with Gasteiger partial charge in [-0.05, 0) is 44.2 Å². The number of carbonyl (C=O) groups is 1. The molecule has 23 heavy (non-hydrogen) atoms. The van der Waals surface area contributed by atoms with Gasteiger partial charge in [0.2, 0.25) is 0 Å². The molecule has 126 valence electrons. The average molecular weight is 339 g/mol. The number of nitrogens with zero attached hydrogens (tertiary/aromatic N) is 1. The quantitative estimate of drug-likeness (QED) is 0.853. The summed E-state index contributed by atoms with van der Waals surface area (Å²) in [6.45, 7) is 1.76. The topological polar surface area (TPSA) is 83.9 Å². The maximum absolute atomic E-state index is 12.2. The van der Waals surface area contributed by atoms with Crippen molar-refractivity contribution < 1.29 is 22.5 Å². The van der Waals surface area contributed by atoms with Gasteiger partial charge in [0.25, 0.3) is 10.1 Å². The maximum atomic E-state index is 12.2. The Labute approximate surface area is 136 Å². The van der Waals surface area contributed by atoms with Crippen LogP contribution in [0.15, 0.2) is 29.2 Å². The van der Waals surface area contributed by atoms with Crippen LogP contribution in [0.4, 0.5) is 4.79 Å². The van der Waals surface area contributed by atoms with Gasteiger partial charge in [0.1, 0.15) is 0 Å². The molecular formula is C16H21NO5S. The molecule has 1 aliphatic carbocycles. The third-order valence-electron chi connectivity index (χ3n) is 4.89. The van der Waals surface area contributed by atoms with E-state index in [0.29, 0.717) is 12.3 Å². The largest absolute Gasteiger partial charge is 0.465 e. The Morgan fingerprint density at radius 2 is 2.00 bits per heavy atom. The van der Waals surface area contributed by atoms with Gasteiger partial charge in [-0.3, -0.25) is 9.08 Å². The van der Waals surface area contributed by atoms with Crippen LogP contribution in [-0.2, 0) is 14.3 Å². The molecule has 7 heteroatoms. The molecule has 0 radical (unpaired) electrons. The summed E-state index contributed by atoms with van der Waals surface area (Å²) in [5, 5.41) is 9.43. The van der Waals surface area contributed by atoms with Crippen molar-refractivity contribution in [3.63, 3.8) is 0 Å². The predicted molar refractivity (Wildman–Crippen MR) is 83.7 cm³/mol. The Hall–Kier alpha value is -1.60. The molecule has 3 atom stereocenters. The second kappa shape index (κ2) is 6.13. The van der Waals surface area contributed by atoms with Gasteiger partial charge in [-0.1, -0.05) is 24.1 Å². The minimum atomic E-state index is -3.86. The van der Waals surface area contributed by atoms with Gasteiger partial charge in [-0.2, -0.15) is 8.42 Å². The van der Waals surface area contributed by atoms with Gasteiger partial charge in [0, 0.05) is 6.04 Å². The van der Waals surface area contributed by atoms with Crippen LogP contribution in [0.5, 0.6) is 0 Å². The van der Waals surface area contributed by atoms with Crippen LogP contribution in [-0.4, -0.2) is 43.2 Å². The summed E-state index contributed by atoms with van der Waals surface area (Å²) in [6.07, 6.45) is 2.60. The van der Waals surface area contributed by atoms with Gasteiger partial charge in [0.05, 0.1) is 17.5 Å². The minimum absolute atomic E-state index is 0.0168. The number of benzene rings is 1. The molecule has 1 aromatic rings. The molecule has 3 rings (SSSR count). The number of hydrogen-bond donors (Lipinski definition) is 1. The lowest BCUT2D eigenvalue weighted by Gasteiger charge is -2.26. The highest BCUT2D eigenvalue weighted by Gasteiger charge is 2.46. The van der Waals surface area contributed by atoms with Crippen molar-refractivity contribution in [2.24, 2.45) is 5.92 Å². The average Bonchev–Trinajstić information content (AvgIpc) is 3.05. The Morgan fingerprint density at radius 1 is 1.30 bits per heavy atom. The third-order valence-corrected chi connectivity index (χ3v) is 6.19. The molecule has 0 spiro atoms. The number of fused-ring (bicyclic) bond motifs is 1. The van der Waals surface area contributed by atoms with E-state index in [1.807, 2.05) is 6.92 Å². The zero-order chi connectivity index (χ0) is 16.6. The SMILES string of the molecule is Cc1ccc(S(=O)(=O)OCC2CC3CCCC3N2C(=O)O)cc1. The van der Waals surface area contributed by atoms with E-state index in [1.165, 1.54) is 17.0 Å². The molecule has 1 saturated heterocycles. The van der Waals surface area contributed by atoms with E-state index in [9.17, 15) is 18.3 Å². The van der Waals surface area contributed by atoms with Crippen molar-refractivity contribution in [3.8, 4) is 0 Å². The van der Waals surface area contributed by atoms with E-state index in [-0.39, 0.29) is 23.6 Å². The molecule has 6 nitrogen and oxygen atoms in total. The minimum Gasteiger partial charge on any atom is -0.465 e. The fraction of sp³-hybridized carbons (Fsp3) is 0.562. The molecule has 2 aliphatic rings. The Balaban J connectivity index is 1.69. The highest BCUT2D eigenvalue weighted by Crippen LogP contribution is 2.41. The first-order chi connectivity index (χ1) is 10.9. The first-order valence-corrected chi connectivity index (χ1v) is 9.26. The number of carboxylic acid groups (broad SMARTS) is 1. The van der Waals surface area contributed by atoms with Crippen molar-refractivity contribution in [1.82, 2.24) is 4.90 Å². The molecule has 2 fully saturated rings. The first kappa shape index (κ1) is 16.3. The molecule has 1 aromatic carbocycles. The van der Waals surface area contributed by atoms with Crippen LogP contribution in [0.25, 0.3) is 0 Å². The zero-order valence-electron chi connectivity index (χ0n) is 13.0. The van der Waals surface area contributed by atoms with Crippen LogP contribution >= 0.6 is 0 Å². The van der Waals surface area contributed by atoms with Crippen LogP contribution < -0.4 is 0 Å². The monoisotopic (exact) mass is 339 g/mol. The second-order valence-electron chi connectivity index (χ2n) is 6.39. The molecule has 1 saturated carbocycles. The van der Waals surface area contributed by atoms with E-state index in [2.05, 4.69) is 0 Å². The number of likely N-dealkylation sites (tertiary alicyclic amines) is 1. The van der Waals surface area contributed by atoms with Crippen molar-refractivity contribution >= 4 is 16.2 Å². The molecule has 1 N–H and O–H groups in total. The van der Waals surface area contributed by atoms with E-state index >= 15 is 0 Å². The molecular weight excluding hydrogens is 318 g/mol. The molecule has 0 bridgehead atoms. The summed E-state index contributed by atoms with van der Waals surface area (Å²) in [6, 6.07) is 6.05. The zero-order valence-corrected chi connectivity index (χ0v) is 13.8. The molecule has 1 aliphatic heterocycles. The second-order valence-corrected chi connectivity index (χ2v) is 8.00. The van der Waals surface area contributed by atoms with E-state index in [1.54, 1.807) is 12.1 Å². The number of hydrogen-bond acceptors (Lipinski definition) is 4. The van der Waals surface area contributed by atoms with Gasteiger partial charge in [-0.25, -0.2) is 4.79 Å². The number of aryl methyl sites for hydroxylation is 1. The van der Waals surface area contributed by atoms with Crippen molar-refractivity contribution in [2.45, 2.75) is 49.6 Å². The highest BCUT2D eigenvalue weighted by molar-refractivity contribution is 7.86. The summed E-state index contributed by atoms with van der Waals surface area (Å²) in [4.78, 5) is 13.0. The van der Waals surface area contributed by atoms with Gasteiger partial charge in [0.15, 0.2) is 0 Å². The van der Waals surface area contributed by atoms with Gasteiger partial charge < -0.3 is 5.11 Å². The molecule has 1 heterocycles. The predicted octanol–water partition coefficient (Wildman–Crippen LogP) is 2.62. The molecule has 1 amide bonds. The lowest BCUT2D eigenvalue weighted by Crippen LogP contribution is -2.42. The summed E-state index contributed by atoms with van der Waals surface area (Å²) in [5.41, 5.74) is 0.963. The Bertz CT molecular complexity index is 685. The fourth-order valence-electron chi connectivity index (χ4n) is 3.78. The van der Waals surface area contributed by atoms with Crippen LogP contribution in [0, 0.1) is 12.8 Å². The van der Waals surface area contributed by atoms with Crippen LogP contribution in [0.1, 0.15) is 31.2 Å². The number of amides is 1. The van der Waals surface area contributed by atoms with Gasteiger partial charge in [-0.15, -0.1) is 0 Å². The first-order valence-electron chi connectivity index (χ1n) is 7.86. The summed E-state index contributed by atoms with van der Waals surface area (Å²) in [7, 11) is -3.86. The Morgan fingerprint density at radius 3 is 2.65 bits per heavy atom. The Kier molecular flexibility index (Phi) is 4.33. The summed E-state index contributed by atoms with van der Waals surface area (Å²) < 4.78 is 29.6.